The normalized spacial score (nSPS) is 11.8. The highest BCUT2D eigenvalue weighted by molar-refractivity contribution is 8.00. The predicted molar refractivity (Wildman–Crippen MR) is 116 cm³/mol. The molecular weight excluding hydrogens is 414 g/mol. The third kappa shape index (κ3) is 5.07. The van der Waals surface area contributed by atoms with E-state index in [0.717, 1.165) is 5.56 Å². The average molecular weight is 433 g/mol. The number of furan rings is 1. The fourth-order valence-electron chi connectivity index (χ4n) is 2.96. The Morgan fingerprint density at radius 2 is 1.94 bits per heavy atom. The number of nitrogens with zero attached hydrogens (tertiary/aromatic N) is 4. The maximum absolute atomic E-state index is 13.2. The first kappa shape index (κ1) is 20.5. The van der Waals surface area contributed by atoms with Gasteiger partial charge in [0.25, 0.3) is 0 Å². The number of anilines is 1. The number of amides is 1. The molecule has 9 heteroatoms. The summed E-state index contributed by atoms with van der Waals surface area (Å²) >= 11 is 1.24. The molecule has 1 amide bonds. The molecule has 0 saturated heterocycles. The molecule has 0 fully saturated rings. The maximum Gasteiger partial charge on any atom is 0.242 e. The van der Waals surface area contributed by atoms with Crippen molar-refractivity contribution >= 4 is 29.1 Å². The number of aromatic nitrogens is 4. The Balaban J connectivity index is 1.59. The van der Waals surface area contributed by atoms with Gasteiger partial charge in [-0.25, -0.2) is 4.68 Å². The van der Waals surface area contributed by atoms with Crippen LogP contribution in [0.15, 0.2) is 82.6 Å². The smallest absolute Gasteiger partial charge is 0.242 e. The number of tetrazole rings is 1. The zero-order valence-electron chi connectivity index (χ0n) is 16.6. The Morgan fingerprint density at radius 1 is 1.10 bits per heavy atom. The molecule has 156 valence electrons. The number of rotatable bonds is 8. The molecule has 0 radical (unpaired) electrons. The van der Waals surface area contributed by atoms with Crippen molar-refractivity contribution in [2.75, 3.05) is 5.32 Å². The first-order valence-corrected chi connectivity index (χ1v) is 10.4. The van der Waals surface area contributed by atoms with Crippen LogP contribution in [0.1, 0.15) is 33.9 Å². The van der Waals surface area contributed by atoms with Gasteiger partial charge in [-0.3, -0.25) is 9.59 Å². The quantitative estimate of drug-likeness (QED) is 0.331. The van der Waals surface area contributed by atoms with E-state index in [1.54, 1.807) is 41.3 Å². The Bertz CT molecular complexity index is 1170. The number of nitrogens with one attached hydrogen (secondary N) is 1. The Morgan fingerprint density at radius 3 is 2.68 bits per heavy atom. The molecule has 2 aromatic carbocycles. The fraction of sp³-hybridized carbons (Fsp3) is 0.136. The molecule has 2 aromatic heterocycles. The van der Waals surface area contributed by atoms with Crippen molar-refractivity contribution in [2.45, 2.75) is 23.9 Å². The fourth-order valence-corrected chi connectivity index (χ4v) is 3.94. The van der Waals surface area contributed by atoms with E-state index in [2.05, 4.69) is 20.8 Å². The van der Waals surface area contributed by atoms with E-state index in [1.807, 2.05) is 36.4 Å². The van der Waals surface area contributed by atoms with Gasteiger partial charge >= 0.3 is 0 Å². The van der Waals surface area contributed by atoms with Gasteiger partial charge in [0.1, 0.15) is 17.6 Å². The minimum absolute atomic E-state index is 0.0674. The molecule has 0 spiro atoms. The Hall–Kier alpha value is -3.72. The molecule has 1 unspecified atom stereocenters. The lowest BCUT2D eigenvalue weighted by atomic mass is 10.1. The van der Waals surface area contributed by atoms with E-state index < -0.39 is 5.25 Å². The summed E-state index contributed by atoms with van der Waals surface area (Å²) in [5.41, 5.74) is 1.89. The Kier molecular flexibility index (Phi) is 6.23. The van der Waals surface area contributed by atoms with E-state index in [-0.39, 0.29) is 11.7 Å². The maximum atomic E-state index is 13.2. The lowest BCUT2D eigenvalue weighted by Gasteiger charge is -2.16. The second kappa shape index (κ2) is 9.40. The Labute approximate surface area is 182 Å². The van der Waals surface area contributed by atoms with Gasteiger partial charge in [-0.1, -0.05) is 54.2 Å². The number of carbonyl (C=O) groups excluding carboxylic acids is 2. The molecule has 4 aromatic rings. The highest BCUT2D eigenvalue weighted by Gasteiger charge is 2.25. The average Bonchev–Trinajstić information content (AvgIpc) is 3.45. The van der Waals surface area contributed by atoms with Crippen molar-refractivity contribution in [3.8, 4) is 0 Å². The van der Waals surface area contributed by atoms with Crippen LogP contribution in [0, 0.1) is 0 Å². The second-order valence-electron chi connectivity index (χ2n) is 6.73. The summed E-state index contributed by atoms with van der Waals surface area (Å²) in [6, 6.07) is 19.9. The lowest BCUT2D eigenvalue weighted by Crippen LogP contribution is -2.20. The van der Waals surface area contributed by atoms with Crippen LogP contribution in [-0.2, 0) is 11.3 Å². The zero-order valence-corrected chi connectivity index (χ0v) is 17.5. The van der Waals surface area contributed by atoms with Gasteiger partial charge in [-0.2, -0.15) is 0 Å². The van der Waals surface area contributed by atoms with Gasteiger partial charge in [0.05, 0.1) is 6.26 Å². The summed E-state index contributed by atoms with van der Waals surface area (Å²) < 4.78 is 6.96. The van der Waals surface area contributed by atoms with Gasteiger partial charge in [-0.05, 0) is 47.2 Å². The van der Waals surface area contributed by atoms with Crippen molar-refractivity contribution in [1.82, 2.24) is 20.2 Å². The highest BCUT2D eigenvalue weighted by Crippen LogP contribution is 2.35. The number of ketones is 1. The van der Waals surface area contributed by atoms with Crippen molar-refractivity contribution in [2.24, 2.45) is 0 Å². The van der Waals surface area contributed by atoms with Crippen LogP contribution in [0.25, 0.3) is 0 Å². The number of thioether (sulfide) groups is 1. The van der Waals surface area contributed by atoms with Gasteiger partial charge in [0, 0.05) is 11.3 Å². The van der Waals surface area contributed by atoms with Crippen LogP contribution in [-0.4, -0.2) is 31.9 Å². The third-order valence-electron chi connectivity index (χ3n) is 4.49. The highest BCUT2D eigenvalue weighted by atomic mass is 32.2. The van der Waals surface area contributed by atoms with Crippen LogP contribution in [0.4, 0.5) is 5.69 Å². The van der Waals surface area contributed by atoms with Crippen molar-refractivity contribution in [3.05, 3.63) is 89.9 Å². The van der Waals surface area contributed by atoms with E-state index in [9.17, 15) is 9.59 Å². The van der Waals surface area contributed by atoms with Gasteiger partial charge in [0.2, 0.25) is 11.1 Å². The lowest BCUT2D eigenvalue weighted by molar-refractivity contribution is -0.115. The minimum atomic E-state index is -0.608. The summed E-state index contributed by atoms with van der Waals surface area (Å²) in [5.74, 6) is 0.391. The van der Waals surface area contributed by atoms with Gasteiger partial charge < -0.3 is 9.73 Å². The van der Waals surface area contributed by atoms with Crippen LogP contribution in [0.5, 0.6) is 0 Å². The van der Waals surface area contributed by atoms with E-state index in [1.165, 1.54) is 18.7 Å². The van der Waals surface area contributed by atoms with Crippen LogP contribution in [0.2, 0.25) is 0 Å². The van der Waals surface area contributed by atoms with E-state index in [0.29, 0.717) is 28.7 Å². The molecule has 0 saturated carbocycles. The predicted octanol–water partition coefficient (Wildman–Crippen LogP) is 3.99. The molecule has 1 atom stereocenters. The van der Waals surface area contributed by atoms with Crippen LogP contribution < -0.4 is 5.32 Å². The molecule has 31 heavy (non-hydrogen) atoms. The van der Waals surface area contributed by atoms with Crippen LogP contribution >= 0.6 is 11.8 Å². The summed E-state index contributed by atoms with van der Waals surface area (Å²) in [6.45, 7) is 1.84. The topological polar surface area (TPSA) is 103 Å². The van der Waals surface area contributed by atoms with Crippen molar-refractivity contribution in [3.63, 3.8) is 0 Å². The standard InChI is InChI=1S/C22H19N5O3S/c1-15(28)17-9-5-10-18(13-17)23-21(29)20(16-7-3-2-4-8-16)31-22-24-25-26-27(22)14-19-11-6-12-30-19/h2-13,20H,14H2,1H3,(H,23,29). The monoisotopic (exact) mass is 433 g/mol. The molecule has 1 N–H and O–H groups in total. The van der Waals surface area contributed by atoms with Gasteiger partial charge in [0.15, 0.2) is 5.78 Å². The largest absolute Gasteiger partial charge is 0.467 e. The molecule has 0 aliphatic heterocycles. The van der Waals surface area contributed by atoms with Crippen molar-refractivity contribution in [1.29, 1.82) is 0 Å². The molecule has 4 rings (SSSR count). The second-order valence-corrected chi connectivity index (χ2v) is 7.81. The number of hydrogen-bond donors (Lipinski definition) is 1. The van der Waals surface area contributed by atoms with Crippen LogP contribution in [0.3, 0.4) is 0 Å². The zero-order chi connectivity index (χ0) is 21.6. The summed E-state index contributed by atoms with van der Waals surface area (Å²) in [6.07, 6.45) is 1.59. The summed E-state index contributed by atoms with van der Waals surface area (Å²) in [7, 11) is 0. The summed E-state index contributed by atoms with van der Waals surface area (Å²) in [4.78, 5) is 24.9. The number of carbonyl (C=O) groups is 2. The number of hydrogen-bond acceptors (Lipinski definition) is 7. The molecule has 0 bridgehead atoms. The van der Waals surface area contributed by atoms with E-state index in [4.69, 9.17) is 4.42 Å². The summed E-state index contributed by atoms with van der Waals surface area (Å²) in [5, 5.41) is 14.6. The minimum Gasteiger partial charge on any atom is -0.467 e. The molecule has 0 aliphatic carbocycles. The SMILES string of the molecule is CC(=O)c1cccc(NC(=O)C(Sc2nnnn2Cc2ccco2)c2ccccc2)c1. The first-order chi connectivity index (χ1) is 15.1. The van der Waals surface area contributed by atoms with E-state index >= 15 is 0 Å². The number of Topliss-reactive ketones (excluding diaryl/α,β-unsaturated/α-hetero) is 1. The van der Waals surface area contributed by atoms with Crippen molar-refractivity contribution < 1.29 is 14.0 Å². The molecule has 8 nitrogen and oxygen atoms in total. The third-order valence-corrected chi connectivity index (χ3v) is 5.71. The molecule has 0 aliphatic rings. The number of benzene rings is 2. The molecule has 2 heterocycles. The van der Waals surface area contributed by atoms with Gasteiger partial charge in [-0.15, -0.1) is 5.10 Å². The molecular formula is C22H19N5O3S. The first-order valence-electron chi connectivity index (χ1n) is 9.52.